The number of β-amino-alcohol motifs (C(OH)–C–C–N with tert-alkyl or cyclic N) is 1. The van der Waals surface area contributed by atoms with E-state index in [1.165, 1.54) is 0 Å². The second-order valence-corrected chi connectivity index (χ2v) is 12.7. The molecular formula is C36H40ClN7O5. The third kappa shape index (κ3) is 7.83. The van der Waals surface area contributed by atoms with Crippen LogP contribution in [0.15, 0.2) is 54.9 Å². The van der Waals surface area contributed by atoms with E-state index >= 15 is 0 Å². The highest BCUT2D eigenvalue weighted by atomic mass is 35.5. The molecule has 2 fully saturated rings. The molecule has 0 radical (unpaired) electrons. The van der Waals surface area contributed by atoms with Crippen molar-refractivity contribution in [3.05, 3.63) is 82.3 Å². The van der Waals surface area contributed by atoms with Gasteiger partial charge in [-0.1, -0.05) is 29.8 Å². The molecule has 6 rings (SSSR count). The van der Waals surface area contributed by atoms with Gasteiger partial charge in [-0.25, -0.2) is 9.97 Å². The van der Waals surface area contributed by atoms with Gasteiger partial charge in [0.15, 0.2) is 0 Å². The first-order valence-electron chi connectivity index (χ1n) is 16.3. The van der Waals surface area contributed by atoms with Crippen molar-refractivity contribution in [2.24, 2.45) is 0 Å². The maximum atomic E-state index is 13.4. The Kier molecular flexibility index (Phi) is 10.7. The molecule has 13 heteroatoms. The number of carbonyl (C=O) groups is 2. The van der Waals surface area contributed by atoms with Crippen molar-refractivity contribution in [1.29, 1.82) is 0 Å². The van der Waals surface area contributed by atoms with Crippen molar-refractivity contribution >= 4 is 29.1 Å². The van der Waals surface area contributed by atoms with Crippen LogP contribution in [-0.4, -0.2) is 82.8 Å². The second kappa shape index (κ2) is 15.3. The first-order chi connectivity index (χ1) is 23.7. The number of hydrogen-bond donors (Lipinski definition) is 4. The maximum absolute atomic E-state index is 13.4. The summed E-state index contributed by atoms with van der Waals surface area (Å²) in [6.07, 6.45) is 5.00. The number of rotatable bonds is 12. The van der Waals surface area contributed by atoms with Crippen LogP contribution in [0.1, 0.15) is 46.4 Å². The standard InChI is InChI=1S/C36H40ClN7O5/c1-21-26(5-4-6-28(21)42-35(47)30-15-23(31(48-2)18-40-30)19-44-14-12-25(45)20-44)34-33(37)27(11-13-39-34)29-9-7-22(36(43-29)49-3)16-38-17-24-8-10-32(46)41-24/h4-7,9,11,13,15,18,24-25,38,45H,8,10,12,14,16-17,19-20H2,1-3H3,(H,41,46)(H,42,47). The fraction of sp³-hybridized carbons (Fsp3) is 0.361. The van der Waals surface area contributed by atoms with Gasteiger partial charge in [-0.05, 0) is 49.6 Å². The number of nitrogens with one attached hydrogen (secondary N) is 3. The summed E-state index contributed by atoms with van der Waals surface area (Å²) in [6, 6.07) is 13.1. The Hall–Kier alpha value is -4.62. The molecule has 0 aliphatic carbocycles. The number of ether oxygens (including phenoxy) is 2. The molecule has 256 valence electrons. The van der Waals surface area contributed by atoms with Gasteiger partial charge in [0.05, 0.1) is 42.9 Å². The summed E-state index contributed by atoms with van der Waals surface area (Å²) in [5.41, 5.74) is 5.97. The summed E-state index contributed by atoms with van der Waals surface area (Å²) in [6.45, 7) is 4.99. The van der Waals surface area contributed by atoms with Crippen molar-refractivity contribution < 1.29 is 24.2 Å². The van der Waals surface area contributed by atoms with Gasteiger partial charge >= 0.3 is 0 Å². The monoisotopic (exact) mass is 685 g/mol. The van der Waals surface area contributed by atoms with Gasteiger partial charge in [0, 0.05) is 79.3 Å². The van der Waals surface area contributed by atoms with Crippen LogP contribution in [0.5, 0.6) is 11.6 Å². The third-order valence-electron chi connectivity index (χ3n) is 8.97. The largest absolute Gasteiger partial charge is 0.495 e. The first kappa shape index (κ1) is 34.3. The van der Waals surface area contributed by atoms with Gasteiger partial charge in [-0.2, -0.15) is 0 Å². The minimum absolute atomic E-state index is 0.0894. The Morgan fingerprint density at radius 2 is 1.96 bits per heavy atom. The number of methoxy groups -OCH3 is 2. The zero-order chi connectivity index (χ0) is 34.5. The lowest BCUT2D eigenvalue weighted by Crippen LogP contribution is -2.35. The molecule has 2 unspecified atom stereocenters. The average molecular weight is 686 g/mol. The van der Waals surface area contributed by atoms with E-state index in [1.54, 1.807) is 32.7 Å². The zero-order valence-electron chi connectivity index (χ0n) is 27.8. The molecule has 49 heavy (non-hydrogen) atoms. The van der Waals surface area contributed by atoms with E-state index in [1.807, 2.05) is 43.3 Å². The third-order valence-corrected chi connectivity index (χ3v) is 9.35. The summed E-state index contributed by atoms with van der Waals surface area (Å²) in [5, 5.41) is 19.7. The van der Waals surface area contributed by atoms with Crippen LogP contribution in [0.4, 0.5) is 5.69 Å². The summed E-state index contributed by atoms with van der Waals surface area (Å²) >= 11 is 7.01. The van der Waals surface area contributed by atoms with Crippen LogP contribution in [0.2, 0.25) is 5.02 Å². The van der Waals surface area contributed by atoms with E-state index in [2.05, 4.69) is 30.8 Å². The van der Waals surface area contributed by atoms with E-state index in [4.69, 9.17) is 26.1 Å². The van der Waals surface area contributed by atoms with Crippen molar-refractivity contribution in [1.82, 2.24) is 30.5 Å². The molecule has 2 aliphatic rings. The van der Waals surface area contributed by atoms with Crippen LogP contribution in [0, 0.1) is 6.92 Å². The molecule has 2 saturated heterocycles. The second-order valence-electron chi connectivity index (χ2n) is 12.3. The fourth-order valence-corrected chi connectivity index (χ4v) is 6.61. The number of likely N-dealkylation sites (tertiary alicyclic amines) is 1. The Balaban J connectivity index is 1.20. The molecule has 2 amide bonds. The van der Waals surface area contributed by atoms with Gasteiger partial charge in [0.25, 0.3) is 5.91 Å². The summed E-state index contributed by atoms with van der Waals surface area (Å²) < 4.78 is 11.1. The lowest BCUT2D eigenvalue weighted by Gasteiger charge is -2.18. The summed E-state index contributed by atoms with van der Waals surface area (Å²) in [4.78, 5) is 40.8. The molecule has 1 aromatic carbocycles. The lowest BCUT2D eigenvalue weighted by molar-refractivity contribution is -0.119. The van der Waals surface area contributed by atoms with E-state index < -0.39 is 0 Å². The Bertz CT molecular complexity index is 1850. The number of nitrogens with zero attached hydrogens (tertiary/aromatic N) is 4. The average Bonchev–Trinajstić information content (AvgIpc) is 3.72. The molecule has 0 saturated carbocycles. The number of aromatic nitrogens is 3. The zero-order valence-corrected chi connectivity index (χ0v) is 28.5. The quantitative estimate of drug-likeness (QED) is 0.169. The lowest BCUT2D eigenvalue weighted by atomic mass is 10.0. The van der Waals surface area contributed by atoms with Crippen LogP contribution in [0.25, 0.3) is 22.5 Å². The van der Waals surface area contributed by atoms with Gasteiger partial charge in [-0.3, -0.25) is 19.5 Å². The SMILES string of the molecule is COc1cnc(C(=O)Nc2cccc(-c3nccc(-c4ccc(CNCC5CCC(=O)N5)c(OC)n4)c3Cl)c2C)cc1CN1CCC(O)C1. The van der Waals surface area contributed by atoms with E-state index in [-0.39, 0.29) is 29.7 Å². The number of halogens is 1. The number of aliphatic hydroxyl groups is 1. The number of pyridine rings is 3. The Morgan fingerprint density at radius 1 is 1.10 bits per heavy atom. The van der Waals surface area contributed by atoms with Crippen molar-refractivity contribution in [2.45, 2.75) is 51.4 Å². The van der Waals surface area contributed by atoms with Crippen LogP contribution in [-0.2, 0) is 17.9 Å². The van der Waals surface area contributed by atoms with Gasteiger partial charge in [-0.15, -0.1) is 0 Å². The molecule has 2 aliphatic heterocycles. The van der Waals surface area contributed by atoms with Crippen LogP contribution < -0.4 is 25.4 Å². The van der Waals surface area contributed by atoms with Crippen molar-refractivity contribution in [3.8, 4) is 34.1 Å². The van der Waals surface area contributed by atoms with Crippen molar-refractivity contribution in [2.75, 3.05) is 39.2 Å². The topological polar surface area (TPSA) is 151 Å². The maximum Gasteiger partial charge on any atom is 0.274 e. The normalized spacial score (nSPS) is 17.6. The number of hydrogen-bond acceptors (Lipinski definition) is 10. The van der Waals surface area contributed by atoms with Gasteiger partial charge < -0.3 is 30.5 Å². The molecule has 2 atom stereocenters. The molecule has 0 spiro atoms. The highest BCUT2D eigenvalue weighted by Crippen LogP contribution is 2.38. The molecule has 0 bridgehead atoms. The minimum atomic E-state index is -0.364. The fourth-order valence-electron chi connectivity index (χ4n) is 6.30. The number of amides is 2. The molecule has 5 heterocycles. The van der Waals surface area contributed by atoms with Crippen molar-refractivity contribution in [3.63, 3.8) is 0 Å². The minimum Gasteiger partial charge on any atom is -0.495 e. The number of benzene rings is 1. The smallest absolute Gasteiger partial charge is 0.274 e. The van der Waals surface area contributed by atoms with Gasteiger partial charge in [0.1, 0.15) is 11.4 Å². The predicted molar refractivity (Wildman–Crippen MR) is 187 cm³/mol. The highest BCUT2D eigenvalue weighted by molar-refractivity contribution is 6.35. The van der Waals surface area contributed by atoms with Crippen LogP contribution in [0.3, 0.4) is 0 Å². The molecule has 3 aromatic heterocycles. The van der Waals surface area contributed by atoms with Crippen LogP contribution >= 0.6 is 11.6 Å². The molecular weight excluding hydrogens is 646 g/mol. The van der Waals surface area contributed by atoms with E-state index in [9.17, 15) is 14.7 Å². The number of aliphatic hydroxyl groups excluding tert-OH is 1. The molecule has 12 nitrogen and oxygen atoms in total. The van der Waals surface area contributed by atoms with E-state index in [0.29, 0.717) is 71.9 Å². The van der Waals surface area contributed by atoms with E-state index in [0.717, 1.165) is 41.6 Å². The predicted octanol–water partition coefficient (Wildman–Crippen LogP) is 4.37. The molecule has 4 N–H and O–H groups in total. The molecule has 4 aromatic rings. The number of carbonyl (C=O) groups excluding carboxylic acids is 2. The van der Waals surface area contributed by atoms with Gasteiger partial charge in [0.2, 0.25) is 11.8 Å². The summed E-state index contributed by atoms with van der Waals surface area (Å²) in [5.74, 6) is 0.790. The highest BCUT2D eigenvalue weighted by Gasteiger charge is 2.24. The Morgan fingerprint density at radius 3 is 2.69 bits per heavy atom. The number of anilines is 1. The first-order valence-corrected chi connectivity index (χ1v) is 16.6. The Labute approximate surface area is 290 Å². The summed E-state index contributed by atoms with van der Waals surface area (Å²) in [7, 11) is 3.15.